The molecule has 1 aliphatic carbocycles. The molecule has 0 aromatic carbocycles. The lowest BCUT2D eigenvalue weighted by molar-refractivity contribution is 0.229. The summed E-state index contributed by atoms with van der Waals surface area (Å²) in [5.41, 5.74) is 2.58. The third-order valence-corrected chi connectivity index (χ3v) is 4.08. The van der Waals surface area contributed by atoms with Gasteiger partial charge >= 0.3 is 0 Å². The minimum absolute atomic E-state index is 0.446. The number of nitrogens with one attached hydrogen (secondary N) is 1. The zero-order valence-corrected chi connectivity index (χ0v) is 12.0. The first-order valence-electron chi connectivity index (χ1n) is 7.10. The average molecular weight is 258 g/mol. The molecule has 0 spiro atoms. The van der Waals surface area contributed by atoms with Gasteiger partial charge in [0.1, 0.15) is 12.1 Å². The van der Waals surface area contributed by atoms with E-state index >= 15 is 0 Å². The molecule has 19 heavy (non-hydrogen) atoms. The van der Waals surface area contributed by atoms with Crippen LogP contribution >= 0.6 is 0 Å². The molecule has 0 aliphatic heterocycles. The van der Waals surface area contributed by atoms with E-state index in [9.17, 15) is 0 Å². The van der Waals surface area contributed by atoms with Gasteiger partial charge in [-0.25, -0.2) is 4.98 Å². The van der Waals surface area contributed by atoms with Gasteiger partial charge in [0, 0.05) is 6.04 Å². The van der Waals surface area contributed by atoms with Crippen molar-refractivity contribution >= 4 is 11.5 Å². The standard InChI is InChI=1S/C15H22N4/c1-11-7-13-16-10-17-19(13)14(8-11)18-12-5-4-6-15(2,3)9-12/h7-8,10,12,18H,4-6,9H2,1-3H3. The molecule has 0 bridgehead atoms. The molecule has 1 saturated carbocycles. The molecule has 1 atom stereocenters. The van der Waals surface area contributed by atoms with E-state index in [1.54, 1.807) is 6.33 Å². The summed E-state index contributed by atoms with van der Waals surface area (Å²) in [7, 11) is 0. The zero-order valence-electron chi connectivity index (χ0n) is 12.0. The van der Waals surface area contributed by atoms with Gasteiger partial charge in [-0.15, -0.1) is 0 Å². The monoisotopic (exact) mass is 258 g/mol. The maximum absolute atomic E-state index is 4.30. The number of aromatic nitrogens is 3. The maximum atomic E-state index is 4.30. The number of hydrogen-bond donors (Lipinski definition) is 1. The fourth-order valence-electron chi connectivity index (χ4n) is 3.19. The molecule has 0 amide bonds. The van der Waals surface area contributed by atoms with Gasteiger partial charge in [0.05, 0.1) is 0 Å². The summed E-state index contributed by atoms with van der Waals surface area (Å²) in [6.07, 6.45) is 6.71. The molecule has 4 nitrogen and oxygen atoms in total. The van der Waals surface area contributed by atoms with Gasteiger partial charge in [-0.1, -0.05) is 20.3 Å². The molecule has 0 radical (unpaired) electrons. The Morgan fingerprint density at radius 2 is 2.21 bits per heavy atom. The van der Waals surface area contributed by atoms with E-state index in [2.05, 4.69) is 48.3 Å². The van der Waals surface area contributed by atoms with E-state index in [1.165, 1.54) is 31.2 Å². The normalized spacial score (nSPS) is 22.6. The largest absolute Gasteiger partial charge is 0.367 e. The Labute approximate surface area is 114 Å². The van der Waals surface area contributed by atoms with Crippen LogP contribution in [-0.2, 0) is 0 Å². The van der Waals surface area contributed by atoms with E-state index in [-0.39, 0.29) is 0 Å². The first-order valence-corrected chi connectivity index (χ1v) is 7.10. The van der Waals surface area contributed by atoms with E-state index in [0.717, 1.165) is 11.5 Å². The third-order valence-electron chi connectivity index (χ3n) is 4.08. The smallest absolute Gasteiger partial charge is 0.157 e. The number of pyridine rings is 1. The molecule has 0 saturated heterocycles. The Hall–Kier alpha value is -1.58. The number of nitrogens with zero attached hydrogens (tertiary/aromatic N) is 3. The number of hydrogen-bond acceptors (Lipinski definition) is 3. The van der Waals surface area contributed by atoms with Crippen molar-refractivity contribution in [3.8, 4) is 0 Å². The molecule has 3 rings (SSSR count). The van der Waals surface area contributed by atoms with Gasteiger partial charge in [0.2, 0.25) is 0 Å². The van der Waals surface area contributed by atoms with Gasteiger partial charge in [0.25, 0.3) is 0 Å². The summed E-state index contributed by atoms with van der Waals surface area (Å²) in [5, 5.41) is 7.97. The highest BCUT2D eigenvalue weighted by Crippen LogP contribution is 2.36. The zero-order chi connectivity index (χ0) is 13.5. The van der Waals surface area contributed by atoms with Crippen LogP contribution in [0.3, 0.4) is 0 Å². The predicted octanol–water partition coefficient (Wildman–Crippen LogP) is 3.42. The highest BCUT2D eigenvalue weighted by atomic mass is 15.3. The van der Waals surface area contributed by atoms with Crippen LogP contribution in [0.15, 0.2) is 18.5 Å². The van der Waals surface area contributed by atoms with Crippen molar-refractivity contribution in [2.24, 2.45) is 5.41 Å². The van der Waals surface area contributed by atoms with Crippen LogP contribution in [0.4, 0.5) is 5.82 Å². The SMILES string of the molecule is Cc1cc(NC2CCCC(C)(C)C2)n2ncnc2c1. The topological polar surface area (TPSA) is 42.2 Å². The molecule has 1 N–H and O–H groups in total. The van der Waals surface area contributed by atoms with E-state index in [0.29, 0.717) is 11.5 Å². The van der Waals surface area contributed by atoms with Crippen molar-refractivity contribution in [1.29, 1.82) is 0 Å². The van der Waals surface area contributed by atoms with Crippen molar-refractivity contribution in [2.75, 3.05) is 5.32 Å². The van der Waals surface area contributed by atoms with Gasteiger partial charge in [-0.2, -0.15) is 9.61 Å². The number of rotatable bonds is 2. The second-order valence-electron chi connectivity index (χ2n) is 6.55. The first kappa shape index (κ1) is 12.5. The Bertz CT molecular complexity index is 585. The lowest BCUT2D eigenvalue weighted by Gasteiger charge is -2.36. The van der Waals surface area contributed by atoms with Crippen molar-refractivity contribution in [1.82, 2.24) is 14.6 Å². The molecule has 1 aliphatic rings. The van der Waals surface area contributed by atoms with Gasteiger partial charge in [-0.3, -0.25) is 0 Å². The second kappa shape index (κ2) is 4.51. The molecule has 2 aromatic heterocycles. The fraction of sp³-hybridized carbons (Fsp3) is 0.600. The summed E-state index contributed by atoms with van der Waals surface area (Å²) in [5.74, 6) is 1.07. The summed E-state index contributed by atoms with van der Waals surface area (Å²) < 4.78 is 1.90. The fourth-order valence-corrected chi connectivity index (χ4v) is 3.19. The first-order chi connectivity index (χ1) is 9.03. The highest BCUT2D eigenvalue weighted by Gasteiger charge is 2.28. The summed E-state index contributed by atoms with van der Waals surface area (Å²) >= 11 is 0. The second-order valence-corrected chi connectivity index (χ2v) is 6.55. The molecular formula is C15H22N4. The van der Waals surface area contributed by atoms with Crippen LogP contribution in [0.5, 0.6) is 0 Å². The van der Waals surface area contributed by atoms with Crippen LogP contribution in [0, 0.1) is 12.3 Å². The van der Waals surface area contributed by atoms with Crippen LogP contribution in [0.1, 0.15) is 45.1 Å². The Morgan fingerprint density at radius 1 is 1.37 bits per heavy atom. The summed E-state index contributed by atoms with van der Waals surface area (Å²) in [6, 6.07) is 4.75. The minimum atomic E-state index is 0.446. The summed E-state index contributed by atoms with van der Waals surface area (Å²) in [6.45, 7) is 6.83. The highest BCUT2D eigenvalue weighted by molar-refractivity contribution is 5.51. The van der Waals surface area contributed by atoms with E-state index in [1.807, 2.05) is 4.52 Å². The molecule has 102 valence electrons. The average Bonchev–Trinajstić information content (AvgIpc) is 2.75. The van der Waals surface area contributed by atoms with Crippen LogP contribution in [-0.4, -0.2) is 20.6 Å². The predicted molar refractivity (Wildman–Crippen MR) is 77.4 cm³/mol. The van der Waals surface area contributed by atoms with Gasteiger partial charge < -0.3 is 5.32 Å². The van der Waals surface area contributed by atoms with Gasteiger partial charge in [-0.05, 0) is 49.3 Å². The quantitative estimate of drug-likeness (QED) is 0.897. The van der Waals surface area contributed by atoms with Crippen molar-refractivity contribution in [2.45, 2.75) is 52.5 Å². The van der Waals surface area contributed by atoms with Crippen molar-refractivity contribution in [3.05, 3.63) is 24.0 Å². The molecule has 1 fully saturated rings. The van der Waals surface area contributed by atoms with Crippen LogP contribution in [0.2, 0.25) is 0 Å². The number of anilines is 1. The Balaban J connectivity index is 1.86. The summed E-state index contributed by atoms with van der Waals surface area (Å²) in [4.78, 5) is 4.27. The van der Waals surface area contributed by atoms with E-state index < -0.39 is 0 Å². The van der Waals surface area contributed by atoms with Crippen LogP contribution in [0.25, 0.3) is 5.65 Å². The lowest BCUT2D eigenvalue weighted by atomic mass is 9.75. The van der Waals surface area contributed by atoms with Crippen LogP contribution < -0.4 is 5.32 Å². The van der Waals surface area contributed by atoms with Gasteiger partial charge in [0.15, 0.2) is 5.65 Å². The van der Waals surface area contributed by atoms with Crippen molar-refractivity contribution in [3.63, 3.8) is 0 Å². The number of fused-ring (bicyclic) bond motifs is 1. The molecule has 2 heterocycles. The molecule has 4 heteroatoms. The Morgan fingerprint density at radius 3 is 3.00 bits per heavy atom. The van der Waals surface area contributed by atoms with Crippen molar-refractivity contribution < 1.29 is 0 Å². The third kappa shape index (κ3) is 2.57. The number of aryl methyl sites for hydroxylation is 1. The molecule has 1 unspecified atom stereocenters. The molecular weight excluding hydrogens is 236 g/mol. The maximum Gasteiger partial charge on any atom is 0.157 e. The minimum Gasteiger partial charge on any atom is -0.367 e. The van der Waals surface area contributed by atoms with E-state index in [4.69, 9.17) is 0 Å². The Kier molecular flexibility index (Phi) is 2.96. The lowest BCUT2D eigenvalue weighted by Crippen LogP contribution is -2.32. The molecule has 2 aromatic rings.